The molecule has 150 valence electrons. The monoisotopic (exact) mass is 401 g/mol. The molecule has 1 aromatic carbocycles. The van der Waals surface area contributed by atoms with Gasteiger partial charge in [0.05, 0.1) is 16.9 Å². The number of anilines is 2. The molecule has 0 saturated carbocycles. The van der Waals surface area contributed by atoms with E-state index in [-0.39, 0.29) is 18.0 Å². The van der Waals surface area contributed by atoms with Gasteiger partial charge in [0, 0.05) is 30.2 Å². The Kier molecular flexibility index (Phi) is 5.33. The van der Waals surface area contributed by atoms with E-state index in [2.05, 4.69) is 36.1 Å². The lowest BCUT2D eigenvalue weighted by Gasteiger charge is -2.14. The maximum atomic E-state index is 12.3. The van der Waals surface area contributed by atoms with E-state index in [1.165, 1.54) is 6.20 Å². The molecule has 4 N–H and O–H groups in total. The largest absolute Gasteiger partial charge is 0.331 e. The number of carbonyl (C=O) groups is 2. The fourth-order valence-corrected chi connectivity index (χ4v) is 2.93. The van der Waals surface area contributed by atoms with E-state index in [9.17, 15) is 9.59 Å². The van der Waals surface area contributed by atoms with Crippen LogP contribution in [0.25, 0.3) is 10.9 Å². The van der Waals surface area contributed by atoms with Crippen LogP contribution in [0.2, 0.25) is 0 Å². The number of fused-ring (bicyclic) bond motifs is 1. The Morgan fingerprint density at radius 3 is 2.57 bits per heavy atom. The summed E-state index contributed by atoms with van der Waals surface area (Å²) >= 11 is 0. The minimum Gasteiger partial charge on any atom is -0.331 e. The SMILES string of the molecule is CC(NC(=O)Nc1cc2[nH]nc(NC(=O)c3ccncc3)c2cn1)c1ccccc1. The van der Waals surface area contributed by atoms with Crippen molar-refractivity contribution in [3.63, 3.8) is 0 Å². The van der Waals surface area contributed by atoms with Gasteiger partial charge in [-0.15, -0.1) is 0 Å². The number of H-pyrrole nitrogens is 1. The maximum absolute atomic E-state index is 12.3. The van der Waals surface area contributed by atoms with E-state index >= 15 is 0 Å². The first kappa shape index (κ1) is 19.1. The number of benzene rings is 1. The van der Waals surface area contributed by atoms with Gasteiger partial charge >= 0.3 is 6.03 Å². The molecule has 0 aliphatic rings. The number of rotatable bonds is 5. The third-order valence-corrected chi connectivity index (χ3v) is 4.51. The van der Waals surface area contributed by atoms with E-state index < -0.39 is 0 Å². The molecule has 9 heteroatoms. The van der Waals surface area contributed by atoms with Crippen molar-refractivity contribution in [3.8, 4) is 0 Å². The molecule has 1 unspecified atom stereocenters. The minimum atomic E-state index is -0.371. The molecule has 1 atom stereocenters. The molecule has 4 rings (SSSR count). The fraction of sp³-hybridized carbons (Fsp3) is 0.0952. The van der Waals surface area contributed by atoms with Crippen LogP contribution in [0.1, 0.15) is 28.9 Å². The summed E-state index contributed by atoms with van der Waals surface area (Å²) in [5.74, 6) is 0.409. The number of hydrogen-bond donors (Lipinski definition) is 4. The summed E-state index contributed by atoms with van der Waals surface area (Å²) in [5, 5.41) is 15.9. The highest BCUT2D eigenvalue weighted by molar-refractivity contribution is 6.07. The zero-order chi connectivity index (χ0) is 20.9. The molecule has 0 aliphatic carbocycles. The number of hydrogen-bond acceptors (Lipinski definition) is 5. The second-order valence-electron chi connectivity index (χ2n) is 6.61. The van der Waals surface area contributed by atoms with Crippen molar-refractivity contribution in [1.29, 1.82) is 0 Å². The summed E-state index contributed by atoms with van der Waals surface area (Å²) in [6, 6.07) is 14.0. The normalized spacial score (nSPS) is 11.6. The zero-order valence-electron chi connectivity index (χ0n) is 16.1. The summed E-state index contributed by atoms with van der Waals surface area (Å²) in [4.78, 5) is 32.7. The summed E-state index contributed by atoms with van der Waals surface area (Å²) in [7, 11) is 0. The van der Waals surface area contributed by atoms with Crippen LogP contribution in [0.3, 0.4) is 0 Å². The summed E-state index contributed by atoms with van der Waals surface area (Å²) in [6.07, 6.45) is 4.62. The van der Waals surface area contributed by atoms with Gasteiger partial charge < -0.3 is 10.6 Å². The molecule has 3 amide bonds. The predicted octanol–water partition coefficient (Wildman–Crippen LogP) is 3.49. The topological polar surface area (TPSA) is 125 Å². The number of nitrogens with one attached hydrogen (secondary N) is 4. The average molecular weight is 401 g/mol. The lowest BCUT2D eigenvalue weighted by atomic mass is 10.1. The molecule has 3 aromatic heterocycles. The van der Waals surface area contributed by atoms with Crippen molar-refractivity contribution in [3.05, 3.63) is 78.2 Å². The third-order valence-electron chi connectivity index (χ3n) is 4.51. The summed E-state index contributed by atoms with van der Waals surface area (Å²) in [6.45, 7) is 1.90. The summed E-state index contributed by atoms with van der Waals surface area (Å²) in [5.41, 5.74) is 2.09. The molecular formula is C21H19N7O2. The van der Waals surface area contributed by atoms with E-state index in [1.807, 2.05) is 37.3 Å². The van der Waals surface area contributed by atoms with Crippen molar-refractivity contribution >= 4 is 34.5 Å². The van der Waals surface area contributed by atoms with Crippen LogP contribution >= 0.6 is 0 Å². The number of amides is 3. The van der Waals surface area contributed by atoms with E-state index in [0.717, 1.165) is 5.56 Å². The minimum absolute atomic E-state index is 0.155. The first-order valence-corrected chi connectivity index (χ1v) is 9.28. The Balaban J connectivity index is 1.43. The molecule has 0 saturated heterocycles. The van der Waals surface area contributed by atoms with Crippen LogP contribution in [0.5, 0.6) is 0 Å². The molecule has 0 radical (unpaired) electrons. The third kappa shape index (κ3) is 4.25. The van der Waals surface area contributed by atoms with Gasteiger partial charge in [-0.2, -0.15) is 5.10 Å². The molecule has 4 aromatic rings. The molecular weight excluding hydrogens is 382 g/mol. The van der Waals surface area contributed by atoms with Crippen molar-refractivity contribution in [1.82, 2.24) is 25.5 Å². The van der Waals surface area contributed by atoms with Gasteiger partial charge in [-0.1, -0.05) is 30.3 Å². The van der Waals surface area contributed by atoms with Crippen molar-refractivity contribution in [2.75, 3.05) is 10.6 Å². The van der Waals surface area contributed by atoms with Crippen molar-refractivity contribution in [2.45, 2.75) is 13.0 Å². The van der Waals surface area contributed by atoms with Gasteiger partial charge in [-0.25, -0.2) is 9.78 Å². The highest BCUT2D eigenvalue weighted by Gasteiger charge is 2.14. The number of urea groups is 1. The molecule has 0 fully saturated rings. The van der Waals surface area contributed by atoms with E-state index in [1.54, 1.807) is 30.6 Å². The second kappa shape index (κ2) is 8.39. The van der Waals surface area contributed by atoms with Crippen molar-refractivity contribution in [2.24, 2.45) is 0 Å². The van der Waals surface area contributed by atoms with Gasteiger partial charge in [0.15, 0.2) is 5.82 Å². The molecule has 0 bridgehead atoms. The first-order chi connectivity index (χ1) is 14.6. The van der Waals surface area contributed by atoms with Crippen LogP contribution in [0.15, 0.2) is 67.1 Å². The number of aromatic nitrogens is 4. The van der Waals surface area contributed by atoms with E-state index in [4.69, 9.17) is 0 Å². The molecule has 3 heterocycles. The van der Waals surface area contributed by atoms with Gasteiger partial charge in [-0.05, 0) is 24.6 Å². The van der Waals surface area contributed by atoms with Gasteiger partial charge in [-0.3, -0.25) is 20.2 Å². The summed E-state index contributed by atoms with van der Waals surface area (Å²) < 4.78 is 0. The Labute approximate surface area is 171 Å². The standard InChI is InChI=1S/C21H19N7O2/c1-13(14-5-3-2-4-6-14)24-21(30)25-18-11-17-16(12-23-18)19(28-27-17)26-20(29)15-7-9-22-10-8-15/h2-13H,1H3,(H2,23,24,25,30)(H2,26,27,28,29). The van der Waals surface area contributed by atoms with Crippen LogP contribution < -0.4 is 16.0 Å². The molecule has 9 nitrogen and oxygen atoms in total. The van der Waals surface area contributed by atoms with Gasteiger partial charge in [0.2, 0.25) is 0 Å². The van der Waals surface area contributed by atoms with Crippen molar-refractivity contribution < 1.29 is 9.59 Å². The zero-order valence-corrected chi connectivity index (χ0v) is 16.1. The van der Waals surface area contributed by atoms with Gasteiger partial charge in [0.1, 0.15) is 5.82 Å². The first-order valence-electron chi connectivity index (χ1n) is 9.28. The number of carbonyl (C=O) groups excluding carboxylic acids is 2. The Morgan fingerprint density at radius 1 is 1.03 bits per heavy atom. The average Bonchev–Trinajstić information content (AvgIpc) is 3.16. The smallest absolute Gasteiger partial charge is 0.320 e. The maximum Gasteiger partial charge on any atom is 0.320 e. The quantitative estimate of drug-likeness (QED) is 0.407. The highest BCUT2D eigenvalue weighted by atomic mass is 16.2. The van der Waals surface area contributed by atoms with Crippen LogP contribution in [0.4, 0.5) is 16.4 Å². The lowest BCUT2D eigenvalue weighted by Crippen LogP contribution is -2.31. The predicted molar refractivity (Wildman–Crippen MR) is 113 cm³/mol. The molecule has 0 aliphatic heterocycles. The Bertz CT molecular complexity index is 1180. The second-order valence-corrected chi connectivity index (χ2v) is 6.61. The Hall–Kier alpha value is -4.27. The molecule has 0 spiro atoms. The van der Waals surface area contributed by atoms with E-state index in [0.29, 0.717) is 28.1 Å². The highest BCUT2D eigenvalue weighted by Crippen LogP contribution is 2.22. The number of aromatic amines is 1. The number of pyridine rings is 2. The lowest BCUT2D eigenvalue weighted by molar-refractivity contribution is 0.102. The van der Waals surface area contributed by atoms with Crippen LogP contribution in [0, 0.1) is 0 Å². The fourth-order valence-electron chi connectivity index (χ4n) is 2.93. The Morgan fingerprint density at radius 2 is 1.80 bits per heavy atom. The van der Waals surface area contributed by atoms with Crippen LogP contribution in [-0.2, 0) is 0 Å². The number of nitrogens with zero attached hydrogens (tertiary/aromatic N) is 3. The van der Waals surface area contributed by atoms with Crippen LogP contribution in [-0.4, -0.2) is 32.1 Å². The van der Waals surface area contributed by atoms with Gasteiger partial charge in [0.25, 0.3) is 5.91 Å². The molecule has 30 heavy (non-hydrogen) atoms.